The molecule has 8 nitrogen and oxygen atoms in total. The van der Waals surface area contributed by atoms with Crippen LogP contribution in [0.2, 0.25) is 0 Å². The van der Waals surface area contributed by atoms with E-state index in [1.54, 1.807) is 12.1 Å². The van der Waals surface area contributed by atoms with Crippen LogP contribution in [-0.2, 0) is 10.0 Å². The zero-order valence-corrected chi connectivity index (χ0v) is 12.7. The summed E-state index contributed by atoms with van der Waals surface area (Å²) in [5.41, 5.74) is 12.4. The monoisotopic (exact) mass is 330 g/mol. The number of nitrogen functional groups attached to an aromatic ring is 2. The maximum absolute atomic E-state index is 12.3. The fourth-order valence-corrected chi connectivity index (χ4v) is 2.91. The molecule has 9 heteroatoms. The average molecular weight is 330 g/mol. The van der Waals surface area contributed by atoms with Crippen LogP contribution in [0.15, 0.2) is 59.5 Å². The minimum Gasteiger partial charge on any atom is -0.399 e. The van der Waals surface area contributed by atoms with Gasteiger partial charge in [-0.25, -0.2) is 8.42 Å². The van der Waals surface area contributed by atoms with Gasteiger partial charge in [-0.3, -0.25) is 4.72 Å². The van der Waals surface area contributed by atoms with E-state index in [1.807, 2.05) is 18.2 Å². The van der Waals surface area contributed by atoms with Crippen LogP contribution in [0.3, 0.4) is 0 Å². The first-order valence-corrected chi connectivity index (χ1v) is 8.10. The second kappa shape index (κ2) is 5.61. The summed E-state index contributed by atoms with van der Waals surface area (Å²) in [6.45, 7) is 0. The molecule has 3 aromatic rings. The molecule has 2 aromatic carbocycles. The Morgan fingerprint density at radius 2 is 1.57 bits per heavy atom. The molecule has 1 heterocycles. The van der Waals surface area contributed by atoms with Crippen LogP contribution in [0.25, 0.3) is 5.69 Å². The fraction of sp³-hybridized carbons (Fsp3) is 0. The maximum Gasteiger partial charge on any atom is 0.263 e. The Bertz CT molecular complexity index is 920. The van der Waals surface area contributed by atoms with Crippen LogP contribution >= 0.6 is 0 Å². The Labute approximate surface area is 132 Å². The minimum absolute atomic E-state index is 0.0205. The van der Waals surface area contributed by atoms with Crippen molar-refractivity contribution in [3.63, 3.8) is 0 Å². The van der Waals surface area contributed by atoms with E-state index in [9.17, 15) is 8.42 Å². The molecule has 23 heavy (non-hydrogen) atoms. The number of sulfonamides is 1. The number of anilines is 3. The number of aromatic nitrogens is 3. The number of benzene rings is 2. The van der Waals surface area contributed by atoms with Gasteiger partial charge in [0.15, 0.2) is 5.82 Å². The first-order chi connectivity index (χ1) is 11.0. The first-order valence-electron chi connectivity index (χ1n) is 6.62. The predicted octanol–water partition coefficient (Wildman–Crippen LogP) is 1.23. The van der Waals surface area contributed by atoms with Gasteiger partial charge in [-0.1, -0.05) is 18.2 Å². The molecule has 0 saturated carbocycles. The van der Waals surface area contributed by atoms with Gasteiger partial charge in [-0.2, -0.15) is 0 Å². The largest absolute Gasteiger partial charge is 0.399 e. The van der Waals surface area contributed by atoms with Gasteiger partial charge < -0.3 is 11.5 Å². The molecular formula is C14H14N6O2S. The van der Waals surface area contributed by atoms with Gasteiger partial charge in [0.2, 0.25) is 5.82 Å². The fourth-order valence-electron chi connectivity index (χ4n) is 1.90. The highest BCUT2D eigenvalue weighted by Crippen LogP contribution is 2.20. The lowest BCUT2D eigenvalue weighted by Gasteiger charge is -2.05. The molecule has 0 fully saturated rings. The van der Waals surface area contributed by atoms with Gasteiger partial charge in [0.25, 0.3) is 10.0 Å². The number of hydrogen-bond donors (Lipinski definition) is 3. The molecule has 0 spiro atoms. The maximum atomic E-state index is 12.3. The molecule has 0 aliphatic heterocycles. The standard InChI is InChI=1S/C14H14N6O2S/c15-10-6-8-12(9-7-10)23(21,22)19-14-13(16)17-20(18-14)11-4-2-1-3-5-11/h1-9H,15H2,(H2,16,17)(H,18,19). The van der Waals surface area contributed by atoms with Gasteiger partial charge in [-0.15, -0.1) is 15.0 Å². The Balaban J connectivity index is 1.91. The number of rotatable bonds is 4. The molecule has 1 aromatic heterocycles. The molecule has 0 saturated heterocycles. The van der Waals surface area contributed by atoms with Crippen LogP contribution in [0, 0.1) is 0 Å². The van der Waals surface area contributed by atoms with Crippen molar-refractivity contribution in [3.8, 4) is 5.69 Å². The summed E-state index contributed by atoms with van der Waals surface area (Å²) >= 11 is 0. The summed E-state index contributed by atoms with van der Waals surface area (Å²) in [6, 6.07) is 14.8. The van der Waals surface area contributed by atoms with E-state index in [-0.39, 0.29) is 16.5 Å². The van der Waals surface area contributed by atoms with Gasteiger partial charge in [0.1, 0.15) is 0 Å². The molecule has 0 aliphatic carbocycles. The molecule has 0 bridgehead atoms. The normalized spacial score (nSPS) is 11.3. The Kier molecular flexibility index (Phi) is 3.62. The molecule has 0 amide bonds. The Hall–Kier alpha value is -3.07. The van der Waals surface area contributed by atoms with Gasteiger partial charge in [-0.05, 0) is 36.4 Å². The summed E-state index contributed by atoms with van der Waals surface area (Å²) in [5.74, 6) is -0.0569. The van der Waals surface area contributed by atoms with E-state index >= 15 is 0 Å². The van der Waals surface area contributed by atoms with Gasteiger partial charge in [0, 0.05) is 5.69 Å². The van der Waals surface area contributed by atoms with E-state index in [4.69, 9.17) is 11.5 Å². The predicted molar refractivity (Wildman–Crippen MR) is 87.4 cm³/mol. The summed E-state index contributed by atoms with van der Waals surface area (Å²) in [4.78, 5) is 1.32. The van der Waals surface area contributed by atoms with Crippen LogP contribution in [-0.4, -0.2) is 23.4 Å². The summed E-state index contributed by atoms with van der Waals surface area (Å²) < 4.78 is 27.0. The third-order valence-electron chi connectivity index (χ3n) is 3.05. The quantitative estimate of drug-likeness (QED) is 0.617. The van der Waals surface area contributed by atoms with E-state index in [2.05, 4.69) is 14.9 Å². The highest BCUT2D eigenvalue weighted by Gasteiger charge is 2.19. The van der Waals surface area contributed by atoms with E-state index in [1.165, 1.54) is 29.1 Å². The third-order valence-corrected chi connectivity index (χ3v) is 4.40. The number of nitrogens with one attached hydrogen (secondary N) is 1. The van der Waals surface area contributed by atoms with E-state index in [0.717, 1.165) is 0 Å². The van der Waals surface area contributed by atoms with Crippen molar-refractivity contribution in [2.75, 3.05) is 16.2 Å². The topological polar surface area (TPSA) is 129 Å². The second-order valence-corrected chi connectivity index (χ2v) is 6.42. The highest BCUT2D eigenvalue weighted by atomic mass is 32.2. The second-order valence-electron chi connectivity index (χ2n) is 4.73. The SMILES string of the molecule is Nc1ccc(S(=O)(=O)Nc2nn(-c3ccccc3)nc2N)cc1. The van der Waals surface area contributed by atoms with Crippen LogP contribution < -0.4 is 16.2 Å². The van der Waals surface area contributed by atoms with Crippen molar-refractivity contribution in [3.05, 3.63) is 54.6 Å². The number of nitrogens with zero attached hydrogens (tertiary/aromatic N) is 3. The van der Waals surface area contributed by atoms with Crippen LogP contribution in [0.5, 0.6) is 0 Å². The third kappa shape index (κ3) is 3.09. The number of hydrogen-bond acceptors (Lipinski definition) is 6. The van der Waals surface area contributed by atoms with Crippen molar-refractivity contribution in [1.82, 2.24) is 15.0 Å². The average Bonchev–Trinajstić information content (AvgIpc) is 2.89. The summed E-state index contributed by atoms with van der Waals surface area (Å²) in [7, 11) is -3.82. The van der Waals surface area contributed by atoms with Crippen molar-refractivity contribution in [2.45, 2.75) is 4.90 Å². The molecule has 0 aliphatic rings. The zero-order chi connectivity index (χ0) is 16.4. The van der Waals surface area contributed by atoms with E-state index < -0.39 is 10.0 Å². The van der Waals surface area contributed by atoms with Gasteiger partial charge in [0.05, 0.1) is 10.6 Å². The summed E-state index contributed by atoms with van der Waals surface area (Å²) in [5, 5.41) is 8.08. The minimum atomic E-state index is -3.82. The first kappa shape index (κ1) is 14.9. The van der Waals surface area contributed by atoms with E-state index in [0.29, 0.717) is 11.4 Å². The molecule has 0 atom stereocenters. The molecule has 0 unspecified atom stereocenters. The Morgan fingerprint density at radius 1 is 0.913 bits per heavy atom. The van der Waals surface area contributed by atoms with Crippen molar-refractivity contribution < 1.29 is 8.42 Å². The molecular weight excluding hydrogens is 316 g/mol. The van der Waals surface area contributed by atoms with Gasteiger partial charge >= 0.3 is 0 Å². The van der Waals surface area contributed by atoms with Crippen LogP contribution in [0.1, 0.15) is 0 Å². The van der Waals surface area contributed by atoms with Crippen molar-refractivity contribution in [2.24, 2.45) is 0 Å². The lowest BCUT2D eigenvalue weighted by atomic mass is 10.3. The highest BCUT2D eigenvalue weighted by molar-refractivity contribution is 7.92. The molecule has 5 N–H and O–H groups in total. The smallest absolute Gasteiger partial charge is 0.263 e. The Morgan fingerprint density at radius 3 is 2.22 bits per heavy atom. The zero-order valence-electron chi connectivity index (χ0n) is 11.9. The van der Waals surface area contributed by atoms with Crippen molar-refractivity contribution in [1.29, 1.82) is 0 Å². The molecule has 0 radical (unpaired) electrons. The number of para-hydroxylation sites is 1. The van der Waals surface area contributed by atoms with Crippen molar-refractivity contribution >= 4 is 27.3 Å². The number of nitrogens with two attached hydrogens (primary N) is 2. The lowest BCUT2D eigenvalue weighted by molar-refractivity contribution is 0.601. The lowest BCUT2D eigenvalue weighted by Crippen LogP contribution is -2.14. The van der Waals surface area contributed by atoms with Crippen LogP contribution in [0.4, 0.5) is 17.3 Å². The molecule has 118 valence electrons. The molecule has 3 rings (SSSR count). The summed E-state index contributed by atoms with van der Waals surface area (Å²) in [6.07, 6.45) is 0.